The Morgan fingerprint density at radius 2 is 2.19 bits per heavy atom. The number of anilines is 1. The zero-order valence-corrected chi connectivity index (χ0v) is 13.4. The lowest BCUT2D eigenvalue weighted by Crippen LogP contribution is -2.23. The van der Waals surface area contributed by atoms with Crippen molar-refractivity contribution in [2.75, 3.05) is 18.5 Å². The molecule has 2 aromatic rings. The van der Waals surface area contributed by atoms with E-state index in [1.807, 2.05) is 24.0 Å². The molecule has 0 aliphatic carbocycles. The summed E-state index contributed by atoms with van der Waals surface area (Å²) in [6.07, 6.45) is 4.85. The quantitative estimate of drug-likeness (QED) is 0.794. The van der Waals surface area contributed by atoms with Gasteiger partial charge in [0.05, 0.1) is 5.69 Å². The van der Waals surface area contributed by atoms with E-state index >= 15 is 0 Å². The van der Waals surface area contributed by atoms with E-state index in [2.05, 4.69) is 47.3 Å². The first kappa shape index (κ1) is 15.5. The largest absolute Gasteiger partial charge is 0.355 e. The van der Waals surface area contributed by atoms with Gasteiger partial charge in [-0.3, -0.25) is 9.67 Å². The Morgan fingerprint density at radius 3 is 2.86 bits per heavy atom. The van der Waals surface area contributed by atoms with Gasteiger partial charge in [-0.25, -0.2) is 0 Å². The zero-order chi connectivity index (χ0) is 15.2. The minimum atomic E-state index is 0.827. The van der Waals surface area contributed by atoms with Crippen molar-refractivity contribution >= 4 is 5.82 Å². The number of hydrogen-bond donors (Lipinski definition) is 1. The third-order valence-corrected chi connectivity index (χ3v) is 3.55. The summed E-state index contributed by atoms with van der Waals surface area (Å²) < 4.78 is 1.97. The molecule has 1 N–H and O–H groups in total. The third kappa shape index (κ3) is 3.82. The van der Waals surface area contributed by atoms with Crippen LogP contribution in [0.1, 0.15) is 30.2 Å². The molecule has 0 spiro atoms. The summed E-state index contributed by atoms with van der Waals surface area (Å²) in [5.74, 6) is 1.17. The molecule has 5 heteroatoms. The van der Waals surface area contributed by atoms with Gasteiger partial charge in [0.2, 0.25) is 0 Å². The smallest absolute Gasteiger partial charge is 0.131 e. The lowest BCUT2D eigenvalue weighted by atomic mass is 10.2. The summed E-state index contributed by atoms with van der Waals surface area (Å²) >= 11 is 0. The first-order valence-electron chi connectivity index (χ1n) is 7.46. The molecule has 0 fully saturated rings. The first-order chi connectivity index (χ1) is 10.1. The minimum Gasteiger partial charge on any atom is -0.355 e. The van der Waals surface area contributed by atoms with Crippen molar-refractivity contribution in [1.82, 2.24) is 20.1 Å². The van der Waals surface area contributed by atoms with Crippen molar-refractivity contribution in [3.05, 3.63) is 41.3 Å². The molecular formula is C16H25N5. The molecule has 2 rings (SSSR count). The lowest BCUT2D eigenvalue weighted by Gasteiger charge is -2.21. The zero-order valence-electron chi connectivity index (χ0n) is 13.4. The van der Waals surface area contributed by atoms with Crippen LogP contribution in [-0.2, 0) is 20.1 Å². The van der Waals surface area contributed by atoms with Crippen LogP contribution in [0.25, 0.3) is 0 Å². The molecule has 114 valence electrons. The van der Waals surface area contributed by atoms with Crippen LogP contribution in [0.3, 0.4) is 0 Å². The van der Waals surface area contributed by atoms with Crippen molar-refractivity contribution in [2.24, 2.45) is 7.05 Å². The molecule has 2 heterocycles. The Morgan fingerprint density at radius 1 is 1.38 bits per heavy atom. The highest BCUT2D eigenvalue weighted by Crippen LogP contribution is 2.23. The average molecular weight is 287 g/mol. The van der Waals surface area contributed by atoms with Gasteiger partial charge in [-0.15, -0.1) is 0 Å². The molecule has 0 saturated heterocycles. The average Bonchev–Trinajstić information content (AvgIpc) is 2.74. The molecule has 2 aromatic heterocycles. The monoisotopic (exact) mass is 287 g/mol. The van der Waals surface area contributed by atoms with Crippen LogP contribution in [0.15, 0.2) is 24.5 Å². The summed E-state index contributed by atoms with van der Waals surface area (Å²) in [6, 6.07) is 4.07. The van der Waals surface area contributed by atoms with Crippen LogP contribution in [-0.4, -0.2) is 28.4 Å². The SMILES string of the molecule is CCCNCc1c(C)nn(C)c1N(C)Cc1cccnc1. The van der Waals surface area contributed by atoms with Crippen molar-refractivity contribution in [2.45, 2.75) is 33.4 Å². The van der Waals surface area contributed by atoms with Crippen molar-refractivity contribution in [3.63, 3.8) is 0 Å². The van der Waals surface area contributed by atoms with Crippen LogP contribution in [0.5, 0.6) is 0 Å². The molecule has 0 aliphatic rings. The van der Waals surface area contributed by atoms with Gasteiger partial charge in [-0.1, -0.05) is 13.0 Å². The molecule has 0 saturated carbocycles. The van der Waals surface area contributed by atoms with Gasteiger partial charge in [0.25, 0.3) is 0 Å². The molecule has 5 nitrogen and oxygen atoms in total. The van der Waals surface area contributed by atoms with Crippen molar-refractivity contribution in [1.29, 1.82) is 0 Å². The number of nitrogens with one attached hydrogen (secondary N) is 1. The van der Waals surface area contributed by atoms with Gasteiger partial charge in [0, 0.05) is 45.1 Å². The molecule has 0 unspecified atom stereocenters. The second kappa shape index (κ2) is 7.22. The van der Waals surface area contributed by atoms with E-state index in [9.17, 15) is 0 Å². The summed E-state index contributed by atoms with van der Waals surface area (Å²) in [5.41, 5.74) is 3.57. The third-order valence-electron chi connectivity index (χ3n) is 3.55. The van der Waals surface area contributed by atoms with Crippen LogP contribution in [0.4, 0.5) is 5.82 Å². The summed E-state index contributed by atoms with van der Waals surface area (Å²) in [4.78, 5) is 6.42. The van der Waals surface area contributed by atoms with E-state index in [1.54, 1.807) is 6.20 Å². The fraction of sp³-hybridized carbons (Fsp3) is 0.500. The summed E-state index contributed by atoms with van der Waals surface area (Å²) in [7, 11) is 4.11. The van der Waals surface area contributed by atoms with Crippen LogP contribution in [0, 0.1) is 6.92 Å². The van der Waals surface area contributed by atoms with E-state index < -0.39 is 0 Å². The van der Waals surface area contributed by atoms with Crippen LogP contribution < -0.4 is 10.2 Å². The van der Waals surface area contributed by atoms with E-state index in [1.165, 1.54) is 16.9 Å². The van der Waals surface area contributed by atoms with Gasteiger partial charge in [-0.2, -0.15) is 5.10 Å². The number of pyridine rings is 1. The number of hydrogen-bond acceptors (Lipinski definition) is 4. The molecule has 0 radical (unpaired) electrons. The Bertz CT molecular complexity index is 562. The highest BCUT2D eigenvalue weighted by molar-refractivity contribution is 5.50. The second-order valence-electron chi connectivity index (χ2n) is 5.41. The highest BCUT2D eigenvalue weighted by atomic mass is 15.4. The number of nitrogens with zero attached hydrogens (tertiary/aromatic N) is 4. The van der Waals surface area contributed by atoms with Crippen LogP contribution in [0.2, 0.25) is 0 Å². The standard InChI is InChI=1S/C16H25N5/c1-5-8-17-11-15-13(2)19-21(4)16(15)20(3)12-14-7-6-9-18-10-14/h6-7,9-10,17H,5,8,11-12H2,1-4H3. The van der Waals surface area contributed by atoms with Gasteiger partial charge < -0.3 is 10.2 Å². The Balaban J connectivity index is 2.17. The predicted molar refractivity (Wildman–Crippen MR) is 86.3 cm³/mol. The normalized spacial score (nSPS) is 10.9. The molecule has 0 aromatic carbocycles. The number of aryl methyl sites for hydroxylation is 2. The maximum absolute atomic E-state index is 4.57. The summed E-state index contributed by atoms with van der Waals surface area (Å²) in [5, 5.41) is 8.04. The highest BCUT2D eigenvalue weighted by Gasteiger charge is 2.16. The molecule has 21 heavy (non-hydrogen) atoms. The molecule has 0 amide bonds. The van der Waals surface area contributed by atoms with Crippen molar-refractivity contribution in [3.8, 4) is 0 Å². The molecule has 0 bridgehead atoms. The topological polar surface area (TPSA) is 46.0 Å². The fourth-order valence-electron chi connectivity index (χ4n) is 2.60. The molecule has 0 aliphatic heterocycles. The van der Waals surface area contributed by atoms with E-state index in [-0.39, 0.29) is 0 Å². The van der Waals surface area contributed by atoms with Gasteiger partial charge in [-0.05, 0) is 31.5 Å². The van der Waals surface area contributed by atoms with Gasteiger partial charge in [0.15, 0.2) is 0 Å². The number of aromatic nitrogens is 3. The van der Waals surface area contributed by atoms with E-state index in [4.69, 9.17) is 0 Å². The Labute approximate surface area is 127 Å². The fourth-order valence-corrected chi connectivity index (χ4v) is 2.60. The predicted octanol–water partition coefficient (Wildman–Crippen LogP) is 2.26. The second-order valence-corrected chi connectivity index (χ2v) is 5.41. The Kier molecular flexibility index (Phi) is 5.33. The van der Waals surface area contributed by atoms with E-state index in [0.717, 1.165) is 31.7 Å². The van der Waals surface area contributed by atoms with Gasteiger partial charge in [0.1, 0.15) is 5.82 Å². The van der Waals surface area contributed by atoms with Gasteiger partial charge >= 0.3 is 0 Å². The van der Waals surface area contributed by atoms with E-state index in [0.29, 0.717) is 0 Å². The molecular weight excluding hydrogens is 262 g/mol. The first-order valence-corrected chi connectivity index (χ1v) is 7.46. The maximum Gasteiger partial charge on any atom is 0.131 e. The minimum absolute atomic E-state index is 0.827. The van der Waals surface area contributed by atoms with Crippen LogP contribution >= 0.6 is 0 Å². The van der Waals surface area contributed by atoms with Crippen molar-refractivity contribution < 1.29 is 0 Å². The lowest BCUT2D eigenvalue weighted by molar-refractivity contribution is 0.669. The Hall–Kier alpha value is -1.88. The molecule has 0 atom stereocenters. The number of rotatable bonds is 7. The summed E-state index contributed by atoms with van der Waals surface area (Å²) in [6.45, 7) is 6.97. The maximum atomic E-state index is 4.57.